The van der Waals surface area contributed by atoms with Gasteiger partial charge in [-0.3, -0.25) is 19.6 Å². The summed E-state index contributed by atoms with van der Waals surface area (Å²) in [6.45, 7) is 8.33. The van der Waals surface area contributed by atoms with Gasteiger partial charge in [-0.25, -0.2) is 24.4 Å². The number of pyridine rings is 1. The van der Waals surface area contributed by atoms with E-state index in [0.29, 0.717) is 72.2 Å². The molecule has 6 aliphatic rings. The maximum Gasteiger partial charge on any atom is 0.410 e. The first-order valence-corrected chi connectivity index (χ1v) is 30.4. The number of unbranched alkanes of at least 4 members (excludes halogenated alkanes) is 1. The third-order valence-corrected chi connectivity index (χ3v) is 19.0. The molecule has 3 aromatic heterocycles. The van der Waals surface area contributed by atoms with Crippen molar-refractivity contribution in [1.82, 2.24) is 24.6 Å². The molecule has 10 N–H and O–H groups in total. The highest BCUT2D eigenvalue weighted by Crippen LogP contribution is 2.72. The first kappa shape index (κ1) is 61.1. The van der Waals surface area contributed by atoms with Crippen LogP contribution in [0, 0.1) is 23.2 Å². The van der Waals surface area contributed by atoms with Gasteiger partial charge in [0.25, 0.3) is 5.91 Å². The third kappa shape index (κ3) is 12.9. The Morgan fingerprint density at radius 1 is 0.874 bits per heavy atom. The largest absolute Gasteiger partial charge is 0.479 e. The summed E-state index contributed by atoms with van der Waals surface area (Å²) < 4.78 is 27.3. The number of carboxylic acids is 2. The van der Waals surface area contributed by atoms with Gasteiger partial charge in [-0.1, -0.05) is 61.6 Å². The van der Waals surface area contributed by atoms with E-state index in [1.807, 2.05) is 65.0 Å². The molecule has 7 atom stereocenters. The number of aliphatic carboxylic acids is 1. The number of nitrogens with two attached hydrogens (primary N) is 2. The number of thiazole rings is 1. The van der Waals surface area contributed by atoms with E-state index < -0.39 is 60.2 Å². The molecule has 1 saturated heterocycles. The summed E-state index contributed by atoms with van der Waals surface area (Å²) in [5.74, 6) is -3.08. The van der Waals surface area contributed by atoms with Crippen LogP contribution >= 0.6 is 11.3 Å². The Balaban J connectivity index is 0.768. The number of hydrogen-bond acceptors (Lipinski definition) is 18. The number of fused-ring (bicyclic) bond motifs is 2. The number of nitrogens with one attached hydrogen (secondary N) is 1. The Hall–Kier alpha value is -7.58. The normalized spacial score (nSPS) is 26.3. The van der Waals surface area contributed by atoms with Crippen molar-refractivity contribution in [1.29, 1.82) is 0 Å². The second-order valence-electron chi connectivity index (χ2n) is 25.2. The fraction of sp³-hybridized carbons (Fsp3) is 0.492. The molecular weight excluding hydrogens is 1140 g/mol. The van der Waals surface area contributed by atoms with Gasteiger partial charge in [0.15, 0.2) is 16.9 Å². The van der Waals surface area contributed by atoms with Gasteiger partial charge in [0.05, 0.1) is 28.6 Å². The van der Waals surface area contributed by atoms with Crippen LogP contribution in [0.3, 0.4) is 0 Å². The van der Waals surface area contributed by atoms with E-state index in [9.17, 15) is 49.5 Å². The number of anilines is 2. The molecular formula is C63H75N9O14S. The minimum Gasteiger partial charge on any atom is -0.479 e. The number of amides is 3. The van der Waals surface area contributed by atoms with Gasteiger partial charge in [-0.05, 0) is 147 Å². The standard InChI is InChI=1S/C63H75N9O14S/c1-36-42(40-16-17-48(68-49(40)55(78)79)71-21-18-38-10-8-11-41(43(38)27-71)54(77)69-58-67-44-12-4-5-13-46(44)87-58)26-66-72(36)35-62-30-60(2)29-61(3,31-62)33-63(32-60,34-62)84-24-23-70(22-19-47(65)73)59(82)83-28-39-15-14-37(9-6-7-20-64)25-45(39)85-57-52(76)50(74)51(75)53(86-57)56(80)81/h4-5,8,10-17,25-26,50-53,57,74-76H,6-7,9,18-24,27-35,64H2,1-3H3,(H2,65,73)(H,78,79)(H,80,81)(H,67,69,77)/t50-,51-,52+,53-,57+,60?,61?,62?,63?/m1/s1. The fourth-order valence-corrected chi connectivity index (χ4v) is 16.2. The van der Waals surface area contributed by atoms with Crippen molar-refractivity contribution in [2.24, 2.45) is 27.7 Å². The molecule has 3 amide bonds. The molecule has 87 heavy (non-hydrogen) atoms. The number of aromatic nitrogens is 4. The van der Waals surface area contributed by atoms with Gasteiger partial charge < -0.3 is 65.7 Å². The van der Waals surface area contributed by atoms with Crippen LogP contribution in [0.1, 0.15) is 120 Å². The molecule has 0 radical (unpaired) electrons. The molecule has 5 fully saturated rings. The highest BCUT2D eigenvalue weighted by atomic mass is 32.1. The average Bonchev–Trinajstić information content (AvgIpc) is 0.821. The number of para-hydroxylation sites is 1. The van der Waals surface area contributed by atoms with Gasteiger partial charge in [-0.2, -0.15) is 5.10 Å². The maximum absolute atomic E-state index is 14.0. The monoisotopic (exact) mass is 1210 g/mol. The van der Waals surface area contributed by atoms with Crippen molar-refractivity contribution in [3.8, 4) is 16.9 Å². The van der Waals surface area contributed by atoms with Crippen molar-refractivity contribution in [3.63, 3.8) is 0 Å². The minimum absolute atomic E-state index is 0.0598. The van der Waals surface area contributed by atoms with Gasteiger partial charge >= 0.3 is 18.0 Å². The molecule has 462 valence electrons. The maximum atomic E-state index is 14.0. The number of rotatable bonds is 23. The number of ether oxygens (including phenoxy) is 4. The van der Waals surface area contributed by atoms with Crippen molar-refractivity contribution >= 4 is 62.3 Å². The lowest BCUT2D eigenvalue weighted by molar-refractivity contribution is -0.271. The number of aryl methyl sites for hydroxylation is 1. The number of aromatic carboxylic acids is 1. The van der Waals surface area contributed by atoms with Crippen LogP contribution in [0.5, 0.6) is 5.75 Å². The lowest BCUT2D eigenvalue weighted by Gasteiger charge is -2.69. The number of aliphatic hydroxyl groups excluding tert-OH is 3. The molecule has 4 saturated carbocycles. The Kier molecular flexibility index (Phi) is 17.2. The number of nitrogens with zero attached hydrogens (tertiary/aromatic N) is 6. The lowest BCUT2D eigenvalue weighted by Crippen LogP contribution is -2.64. The Morgan fingerprint density at radius 2 is 1.66 bits per heavy atom. The molecule has 4 aliphatic carbocycles. The summed E-state index contributed by atoms with van der Waals surface area (Å²) in [5.41, 5.74) is 16.5. The topological polar surface area (TPSA) is 338 Å². The van der Waals surface area contributed by atoms with Crippen LogP contribution in [-0.4, -0.2) is 149 Å². The van der Waals surface area contributed by atoms with Gasteiger partial charge in [0.1, 0.15) is 36.5 Å². The summed E-state index contributed by atoms with van der Waals surface area (Å²) in [5, 5.41) is 60.4. The summed E-state index contributed by atoms with van der Waals surface area (Å²) in [4.78, 5) is 77.8. The molecule has 6 aromatic rings. The van der Waals surface area contributed by atoms with E-state index in [-0.39, 0.29) is 66.3 Å². The zero-order valence-corrected chi connectivity index (χ0v) is 49.8. The zero-order valence-electron chi connectivity index (χ0n) is 49.0. The van der Waals surface area contributed by atoms with E-state index in [2.05, 4.69) is 24.1 Å². The highest BCUT2D eigenvalue weighted by molar-refractivity contribution is 7.22. The van der Waals surface area contributed by atoms with Crippen LogP contribution in [0.2, 0.25) is 0 Å². The average molecular weight is 1210 g/mol. The lowest BCUT2D eigenvalue weighted by atomic mass is 9.39. The van der Waals surface area contributed by atoms with Crippen LogP contribution in [0.4, 0.5) is 15.7 Å². The quantitative estimate of drug-likeness (QED) is 0.0314. The molecule has 0 spiro atoms. The van der Waals surface area contributed by atoms with Gasteiger partial charge in [0.2, 0.25) is 12.2 Å². The zero-order chi connectivity index (χ0) is 61.6. The van der Waals surface area contributed by atoms with Crippen LogP contribution in [0.15, 0.2) is 79.0 Å². The Bertz CT molecular complexity index is 3560. The van der Waals surface area contributed by atoms with Crippen molar-refractivity contribution < 1.29 is 68.5 Å². The van der Waals surface area contributed by atoms with Crippen LogP contribution < -0.4 is 26.4 Å². The smallest absolute Gasteiger partial charge is 0.410 e. The minimum atomic E-state index is -1.93. The van der Waals surface area contributed by atoms with Crippen molar-refractivity contribution in [3.05, 3.63) is 118 Å². The summed E-state index contributed by atoms with van der Waals surface area (Å²) >= 11 is 1.41. The first-order chi connectivity index (χ1) is 41.5. The predicted octanol–water partition coefficient (Wildman–Crippen LogP) is 6.58. The molecule has 4 bridgehead atoms. The Morgan fingerprint density at radius 3 is 2.39 bits per heavy atom. The molecule has 23 nitrogen and oxygen atoms in total. The van der Waals surface area contributed by atoms with Crippen molar-refractivity contribution in [2.75, 3.05) is 43.0 Å². The number of carbonyl (C=O) groups is 5. The Labute approximate surface area is 506 Å². The van der Waals surface area contributed by atoms with E-state index in [1.54, 1.807) is 30.5 Å². The summed E-state index contributed by atoms with van der Waals surface area (Å²) in [6.07, 6.45) is -0.558. The SMILES string of the molecule is Cc1c(-c2ccc(N3CCc4cccc(C(=O)Nc5nc6ccccc6s5)c4C3)nc2C(=O)O)cnn1CC12CC3(C)CC(C)(C1)CC(OCCN(CCC(N)=O)C(=O)OCc1ccc(CCCCN)cc1O[C@H]1O[C@@H](C(=O)O)[C@H](O)[C@@H](O)[C@@H]1O)(C3)C2. The summed E-state index contributed by atoms with van der Waals surface area (Å²) in [6, 6.07) is 22.1. The van der Waals surface area contributed by atoms with E-state index >= 15 is 0 Å². The fourth-order valence-electron chi connectivity index (χ4n) is 15.3. The van der Waals surface area contributed by atoms with E-state index in [4.69, 9.17) is 40.5 Å². The highest BCUT2D eigenvalue weighted by Gasteiger charge is 2.66. The summed E-state index contributed by atoms with van der Waals surface area (Å²) in [7, 11) is 0. The second kappa shape index (κ2) is 24.5. The second-order valence-corrected chi connectivity index (χ2v) is 26.3. The number of aliphatic hydroxyl groups is 3. The number of primary amides is 1. The first-order valence-electron chi connectivity index (χ1n) is 29.6. The van der Waals surface area contributed by atoms with Crippen LogP contribution in [-0.2, 0) is 56.3 Å². The molecule has 5 heterocycles. The molecule has 3 aromatic carbocycles. The van der Waals surface area contributed by atoms with Gasteiger partial charge in [-0.15, -0.1) is 0 Å². The number of hydrogen-bond donors (Lipinski definition) is 8. The van der Waals surface area contributed by atoms with E-state index in [0.717, 1.165) is 84.0 Å². The molecule has 2 aliphatic heterocycles. The molecule has 12 rings (SSSR count). The van der Waals surface area contributed by atoms with E-state index in [1.165, 1.54) is 16.2 Å². The number of benzene rings is 3. The number of carbonyl (C=O) groups excluding carboxylic acids is 3. The van der Waals surface area contributed by atoms with Crippen LogP contribution in [0.25, 0.3) is 21.3 Å². The number of carboxylic acid groups (broad SMARTS) is 2. The molecule has 2 unspecified atom stereocenters. The third-order valence-electron chi connectivity index (χ3n) is 18.1. The van der Waals surface area contributed by atoms with Gasteiger partial charge in [0, 0.05) is 67.1 Å². The molecule has 24 heteroatoms. The predicted molar refractivity (Wildman–Crippen MR) is 320 cm³/mol. The van der Waals surface area contributed by atoms with Crippen molar-refractivity contribution in [2.45, 2.75) is 147 Å².